The Balaban J connectivity index is 1.27. The predicted octanol–water partition coefficient (Wildman–Crippen LogP) is 5.44. The van der Waals surface area contributed by atoms with Gasteiger partial charge in [-0.05, 0) is 37.3 Å². The largest absolute Gasteiger partial charge is 0.452 e. The van der Waals surface area contributed by atoms with E-state index in [1.54, 1.807) is 60.0 Å². The summed E-state index contributed by atoms with van der Waals surface area (Å²) in [7, 11) is 1.70. The van der Waals surface area contributed by atoms with Gasteiger partial charge in [-0.15, -0.1) is 11.3 Å². The minimum absolute atomic E-state index is 0.0239. The van der Waals surface area contributed by atoms with Crippen molar-refractivity contribution >= 4 is 28.4 Å². The third-order valence-electron chi connectivity index (χ3n) is 6.37. The Morgan fingerprint density at radius 3 is 2.62 bits per heavy atom. The van der Waals surface area contributed by atoms with Crippen molar-refractivity contribution in [1.82, 2.24) is 24.0 Å². The number of rotatable bonds is 6. The van der Waals surface area contributed by atoms with Crippen LogP contribution < -0.4 is 15.6 Å². The molecule has 0 fully saturated rings. The molecule has 0 aliphatic heterocycles. The number of aromatic nitrogens is 5. The van der Waals surface area contributed by atoms with Crippen LogP contribution in [0.4, 0.5) is 10.1 Å². The van der Waals surface area contributed by atoms with Gasteiger partial charge in [0.15, 0.2) is 17.3 Å². The highest BCUT2D eigenvalue weighted by atomic mass is 32.1. The lowest BCUT2D eigenvalue weighted by Crippen LogP contribution is -2.25. The average Bonchev–Trinajstić information content (AvgIpc) is 3.65. The van der Waals surface area contributed by atoms with Gasteiger partial charge in [0.05, 0.1) is 17.6 Å². The smallest absolute Gasteiger partial charge is 0.284 e. The Labute approximate surface area is 225 Å². The molecular weight excluding hydrogens is 519 g/mol. The number of halogens is 1. The molecule has 0 saturated carbocycles. The molecule has 1 N–H and O–H groups in total. The van der Waals surface area contributed by atoms with E-state index >= 15 is 4.39 Å². The van der Waals surface area contributed by atoms with Gasteiger partial charge in [-0.3, -0.25) is 14.3 Å². The quantitative estimate of drug-likeness (QED) is 0.304. The summed E-state index contributed by atoms with van der Waals surface area (Å²) in [5.41, 5.74) is 2.27. The number of hydrogen-bond acceptors (Lipinski definition) is 6. The minimum Gasteiger partial charge on any atom is -0.452 e. The van der Waals surface area contributed by atoms with Crippen molar-refractivity contribution < 1.29 is 13.9 Å². The van der Waals surface area contributed by atoms with E-state index in [1.807, 2.05) is 29.6 Å². The van der Waals surface area contributed by atoms with Gasteiger partial charge in [0, 0.05) is 48.2 Å². The molecule has 0 atom stereocenters. The van der Waals surface area contributed by atoms with Crippen molar-refractivity contribution in [3.63, 3.8) is 0 Å². The number of para-hydroxylation sites is 1. The van der Waals surface area contributed by atoms with Crippen LogP contribution in [0.2, 0.25) is 0 Å². The van der Waals surface area contributed by atoms with E-state index in [0.29, 0.717) is 22.6 Å². The van der Waals surface area contributed by atoms with E-state index in [9.17, 15) is 9.59 Å². The van der Waals surface area contributed by atoms with Crippen LogP contribution in [-0.4, -0.2) is 29.9 Å². The van der Waals surface area contributed by atoms with E-state index in [2.05, 4.69) is 15.4 Å². The number of amides is 1. The van der Waals surface area contributed by atoms with Gasteiger partial charge in [0.25, 0.3) is 11.5 Å². The number of anilines is 1. The van der Waals surface area contributed by atoms with Gasteiger partial charge >= 0.3 is 0 Å². The van der Waals surface area contributed by atoms with Crippen molar-refractivity contribution in [1.29, 1.82) is 0 Å². The summed E-state index contributed by atoms with van der Waals surface area (Å²) in [6, 6.07) is 16.6. The number of benzene rings is 2. The summed E-state index contributed by atoms with van der Waals surface area (Å²) < 4.78 is 25.8. The lowest BCUT2D eigenvalue weighted by atomic mass is 10.2. The maximum atomic E-state index is 15.2. The topological polar surface area (TPSA) is 95.5 Å². The number of thiazole rings is 1. The second-order valence-electron chi connectivity index (χ2n) is 8.69. The normalized spacial score (nSPS) is 11.2. The Morgan fingerprint density at radius 2 is 1.87 bits per heavy atom. The lowest BCUT2D eigenvalue weighted by Gasteiger charge is -2.11. The lowest BCUT2D eigenvalue weighted by molar-refractivity contribution is 0.102. The molecule has 0 spiro atoms. The first kappa shape index (κ1) is 24.3. The highest BCUT2D eigenvalue weighted by molar-refractivity contribution is 7.13. The number of fused-ring (bicyclic) bond motifs is 1. The van der Waals surface area contributed by atoms with Gasteiger partial charge in [-0.25, -0.2) is 18.6 Å². The molecule has 0 aliphatic rings. The van der Waals surface area contributed by atoms with E-state index in [1.165, 1.54) is 28.2 Å². The Hall–Kier alpha value is -5.03. The zero-order chi connectivity index (χ0) is 27.1. The minimum atomic E-state index is -0.684. The summed E-state index contributed by atoms with van der Waals surface area (Å²) in [6.45, 7) is 1.68. The van der Waals surface area contributed by atoms with E-state index in [-0.39, 0.29) is 17.0 Å². The standard InChI is InChI=1S/C28H21FN6O3S/c1-17-24(28(37)35(33(17)2)19-6-4-3-5-7-19)26(36)32-18-8-9-22(21(29)16-18)38-23-10-12-31-34-14-11-20(25(23)34)27-30-13-15-39-27/h3-16H,1-2H3,(H,32,36). The fourth-order valence-corrected chi connectivity index (χ4v) is 5.09. The molecule has 11 heteroatoms. The summed E-state index contributed by atoms with van der Waals surface area (Å²) >= 11 is 1.48. The number of nitrogens with one attached hydrogen (secondary N) is 1. The highest BCUT2D eigenvalue weighted by Gasteiger charge is 2.23. The molecule has 6 aromatic rings. The summed E-state index contributed by atoms with van der Waals surface area (Å²) in [4.78, 5) is 30.6. The van der Waals surface area contributed by atoms with E-state index in [0.717, 1.165) is 16.6 Å². The molecule has 0 radical (unpaired) electrons. The highest BCUT2D eigenvalue weighted by Crippen LogP contribution is 2.36. The summed E-state index contributed by atoms with van der Waals surface area (Å²) in [6.07, 6.45) is 5.05. The van der Waals surface area contributed by atoms with Crippen LogP contribution >= 0.6 is 11.3 Å². The Bertz CT molecular complexity index is 1890. The molecule has 1 amide bonds. The maximum Gasteiger partial charge on any atom is 0.284 e. The van der Waals surface area contributed by atoms with Gasteiger partial charge in [-0.2, -0.15) is 5.10 Å². The van der Waals surface area contributed by atoms with Crippen LogP contribution in [0, 0.1) is 12.7 Å². The van der Waals surface area contributed by atoms with Gasteiger partial charge in [0.1, 0.15) is 16.1 Å². The molecular formula is C28H21FN6O3S. The molecule has 0 unspecified atom stereocenters. The van der Waals surface area contributed by atoms with Crippen molar-refractivity contribution in [2.75, 3.05) is 5.32 Å². The first-order valence-corrected chi connectivity index (χ1v) is 12.8. The van der Waals surface area contributed by atoms with Gasteiger partial charge < -0.3 is 10.1 Å². The first-order valence-electron chi connectivity index (χ1n) is 11.9. The zero-order valence-electron chi connectivity index (χ0n) is 20.8. The van der Waals surface area contributed by atoms with Crippen molar-refractivity contribution in [3.05, 3.63) is 112 Å². The molecule has 2 aromatic carbocycles. The van der Waals surface area contributed by atoms with Crippen LogP contribution in [0.15, 0.2) is 89.4 Å². The average molecular weight is 541 g/mol. The number of carbonyl (C=O) groups excluding carboxylic acids is 1. The Morgan fingerprint density at radius 1 is 1.05 bits per heavy atom. The summed E-state index contributed by atoms with van der Waals surface area (Å²) in [5.74, 6) is -0.948. The van der Waals surface area contributed by atoms with E-state index in [4.69, 9.17) is 4.74 Å². The molecule has 0 saturated heterocycles. The van der Waals surface area contributed by atoms with Crippen molar-refractivity contribution in [2.45, 2.75) is 6.92 Å². The number of hydrogen-bond donors (Lipinski definition) is 1. The van der Waals surface area contributed by atoms with E-state index < -0.39 is 17.3 Å². The number of carbonyl (C=O) groups is 1. The van der Waals surface area contributed by atoms with Crippen LogP contribution in [0.3, 0.4) is 0 Å². The molecule has 4 heterocycles. The van der Waals surface area contributed by atoms with Crippen LogP contribution in [0.1, 0.15) is 16.1 Å². The van der Waals surface area contributed by atoms with Crippen LogP contribution in [-0.2, 0) is 7.05 Å². The molecule has 0 aliphatic carbocycles. The number of nitrogens with zero attached hydrogens (tertiary/aromatic N) is 5. The molecule has 39 heavy (non-hydrogen) atoms. The monoisotopic (exact) mass is 540 g/mol. The zero-order valence-corrected chi connectivity index (χ0v) is 21.6. The Kier molecular flexibility index (Phi) is 6.04. The van der Waals surface area contributed by atoms with Crippen LogP contribution in [0.5, 0.6) is 11.5 Å². The maximum absolute atomic E-state index is 15.2. The molecule has 6 rings (SSSR count). The second-order valence-corrected chi connectivity index (χ2v) is 9.59. The van der Waals surface area contributed by atoms with Crippen LogP contribution in [0.25, 0.3) is 21.8 Å². The third-order valence-corrected chi connectivity index (χ3v) is 7.18. The summed E-state index contributed by atoms with van der Waals surface area (Å²) in [5, 5.41) is 9.59. The first-order chi connectivity index (χ1) is 18.9. The predicted molar refractivity (Wildman–Crippen MR) is 146 cm³/mol. The van der Waals surface area contributed by atoms with Crippen molar-refractivity contribution in [3.8, 4) is 27.8 Å². The second kappa shape index (κ2) is 9.69. The SMILES string of the molecule is Cc1c(C(=O)Nc2ccc(Oc3ccnn4ccc(-c5nccs5)c34)c(F)c2)c(=O)n(-c2ccccc2)n1C. The molecule has 194 valence electrons. The molecule has 4 aromatic heterocycles. The molecule has 9 nitrogen and oxygen atoms in total. The fraction of sp³-hybridized carbons (Fsp3) is 0.0714. The van der Waals surface area contributed by atoms with Gasteiger partial charge in [0.2, 0.25) is 0 Å². The van der Waals surface area contributed by atoms with Gasteiger partial charge in [-0.1, -0.05) is 18.2 Å². The molecule has 0 bridgehead atoms. The third kappa shape index (κ3) is 4.28. The fourth-order valence-electron chi connectivity index (χ4n) is 4.43. The van der Waals surface area contributed by atoms with Crippen molar-refractivity contribution in [2.24, 2.45) is 7.05 Å². The number of ether oxygens (including phenoxy) is 1.